The number of nitrogens with one attached hydrogen (secondary N) is 1. The highest BCUT2D eigenvalue weighted by Gasteiger charge is 2.20. The van der Waals surface area contributed by atoms with Crippen LogP contribution >= 0.6 is 0 Å². The van der Waals surface area contributed by atoms with Crippen molar-refractivity contribution >= 4 is 0 Å². The van der Waals surface area contributed by atoms with Crippen LogP contribution in [0.3, 0.4) is 0 Å². The third-order valence-electron chi connectivity index (χ3n) is 3.62. The van der Waals surface area contributed by atoms with Crippen LogP contribution in [0.2, 0.25) is 0 Å². The molecular weight excluding hydrogens is 224 g/mol. The lowest BCUT2D eigenvalue weighted by Gasteiger charge is -2.33. The predicted molar refractivity (Wildman–Crippen MR) is 75.0 cm³/mol. The van der Waals surface area contributed by atoms with Gasteiger partial charge in [-0.25, -0.2) is 0 Å². The highest BCUT2D eigenvalue weighted by Crippen LogP contribution is 2.29. The van der Waals surface area contributed by atoms with Gasteiger partial charge in [-0.2, -0.15) is 0 Å². The van der Waals surface area contributed by atoms with Crippen LogP contribution in [-0.4, -0.2) is 36.2 Å². The van der Waals surface area contributed by atoms with E-state index in [2.05, 4.69) is 28.9 Å². The standard InChI is InChI=1S/C15H22N2O/c1-4-14(17-7-5-16-6-8-17)13-9-11(2)15(18)12(3)10-13/h4,9-10,14,16,18H,1,5-8H2,2-3H3/t14-/m0/s1. The van der Waals surface area contributed by atoms with Gasteiger partial charge in [0, 0.05) is 26.2 Å². The summed E-state index contributed by atoms with van der Waals surface area (Å²) in [4.78, 5) is 2.43. The summed E-state index contributed by atoms with van der Waals surface area (Å²) in [5, 5.41) is 13.2. The summed E-state index contributed by atoms with van der Waals surface area (Å²) in [5.41, 5.74) is 3.10. The lowest BCUT2D eigenvalue weighted by atomic mass is 9.98. The molecule has 1 aliphatic rings. The van der Waals surface area contributed by atoms with Crippen LogP contribution in [0.4, 0.5) is 0 Å². The summed E-state index contributed by atoms with van der Waals surface area (Å²) in [6, 6.07) is 4.37. The Balaban J connectivity index is 2.29. The van der Waals surface area contributed by atoms with Crippen LogP contribution < -0.4 is 5.32 Å². The van der Waals surface area contributed by atoms with E-state index in [-0.39, 0.29) is 6.04 Å². The van der Waals surface area contributed by atoms with Crippen molar-refractivity contribution in [3.63, 3.8) is 0 Å². The summed E-state index contributed by atoms with van der Waals surface area (Å²) >= 11 is 0. The van der Waals surface area contributed by atoms with E-state index in [9.17, 15) is 5.11 Å². The SMILES string of the molecule is C=C[C@@H](c1cc(C)c(O)c(C)c1)N1CCNCC1. The first-order valence-electron chi connectivity index (χ1n) is 6.51. The molecule has 1 heterocycles. The molecule has 1 fully saturated rings. The van der Waals surface area contributed by atoms with E-state index < -0.39 is 0 Å². The maximum atomic E-state index is 9.85. The van der Waals surface area contributed by atoms with Crippen molar-refractivity contribution in [2.75, 3.05) is 26.2 Å². The number of rotatable bonds is 3. The Morgan fingerprint density at radius 1 is 1.28 bits per heavy atom. The molecule has 0 saturated carbocycles. The van der Waals surface area contributed by atoms with E-state index in [1.165, 1.54) is 5.56 Å². The maximum Gasteiger partial charge on any atom is 0.121 e. The van der Waals surface area contributed by atoms with E-state index in [0.717, 1.165) is 37.3 Å². The van der Waals surface area contributed by atoms with Crippen molar-refractivity contribution < 1.29 is 5.11 Å². The van der Waals surface area contributed by atoms with Crippen LogP contribution in [0.15, 0.2) is 24.8 Å². The summed E-state index contributed by atoms with van der Waals surface area (Å²) in [6.45, 7) is 12.0. The Labute approximate surface area is 109 Å². The fraction of sp³-hybridized carbons (Fsp3) is 0.467. The lowest BCUT2D eigenvalue weighted by molar-refractivity contribution is 0.203. The quantitative estimate of drug-likeness (QED) is 0.802. The topological polar surface area (TPSA) is 35.5 Å². The third kappa shape index (κ3) is 2.57. The van der Waals surface area contributed by atoms with Crippen molar-refractivity contribution in [3.8, 4) is 5.75 Å². The lowest BCUT2D eigenvalue weighted by Crippen LogP contribution is -2.44. The molecule has 1 saturated heterocycles. The number of benzene rings is 1. The van der Waals surface area contributed by atoms with Gasteiger partial charge in [-0.05, 0) is 30.5 Å². The molecule has 1 aliphatic heterocycles. The molecule has 3 nitrogen and oxygen atoms in total. The average Bonchev–Trinajstić information content (AvgIpc) is 2.38. The number of hydrogen-bond acceptors (Lipinski definition) is 3. The molecule has 2 rings (SSSR count). The fourth-order valence-electron chi connectivity index (χ4n) is 2.62. The fourth-order valence-corrected chi connectivity index (χ4v) is 2.62. The van der Waals surface area contributed by atoms with Crippen molar-refractivity contribution in [1.82, 2.24) is 10.2 Å². The molecule has 1 aromatic carbocycles. The molecule has 0 unspecified atom stereocenters. The Bertz CT molecular complexity index is 413. The number of phenolic OH excluding ortho intramolecular Hbond substituents is 1. The zero-order valence-electron chi connectivity index (χ0n) is 11.2. The number of phenols is 1. The Morgan fingerprint density at radius 3 is 2.33 bits per heavy atom. The number of piperazine rings is 1. The van der Waals surface area contributed by atoms with Gasteiger partial charge in [0.25, 0.3) is 0 Å². The number of hydrogen-bond donors (Lipinski definition) is 2. The molecule has 18 heavy (non-hydrogen) atoms. The third-order valence-corrected chi connectivity index (χ3v) is 3.62. The molecule has 0 aromatic heterocycles. The number of aromatic hydroxyl groups is 1. The van der Waals surface area contributed by atoms with Crippen molar-refractivity contribution in [2.45, 2.75) is 19.9 Å². The Hall–Kier alpha value is -1.32. The first-order valence-corrected chi connectivity index (χ1v) is 6.51. The highest BCUT2D eigenvalue weighted by atomic mass is 16.3. The van der Waals surface area contributed by atoms with E-state index in [0.29, 0.717) is 5.75 Å². The molecular formula is C15H22N2O. The van der Waals surface area contributed by atoms with Gasteiger partial charge >= 0.3 is 0 Å². The van der Waals surface area contributed by atoms with Crippen molar-refractivity contribution in [1.29, 1.82) is 0 Å². The van der Waals surface area contributed by atoms with E-state index in [1.54, 1.807) is 0 Å². The Kier molecular flexibility index (Phi) is 4.04. The highest BCUT2D eigenvalue weighted by molar-refractivity contribution is 5.43. The normalized spacial score (nSPS) is 18.6. The number of aryl methyl sites for hydroxylation is 2. The van der Waals surface area contributed by atoms with Gasteiger partial charge in [0.05, 0.1) is 6.04 Å². The molecule has 1 atom stereocenters. The predicted octanol–water partition coefficient (Wildman–Crippen LogP) is 2.14. The second-order valence-corrected chi connectivity index (χ2v) is 4.97. The van der Waals surface area contributed by atoms with Crippen molar-refractivity contribution in [2.24, 2.45) is 0 Å². The maximum absolute atomic E-state index is 9.85. The zero-order valence-corrected chi connectivity index (χ0v) is 11.2. The first kappa shape index (κ1) is 13.1. The molecule has 0 aliphatic carbocycles. The van der Waals surface area contributed by atoms with Gasteiger partial charge in [0.2, 0.25) is 0 Å². The smallest absolute Gasteiger partial charge is 0.121 e. The summed E-state index contributed by atoms with van der Waals surface area (Å²) in [6.07, 6.45) is 2.00. The molecule has 2 N–H and O–H groups in total. The largest absolute Gasteiger partial charge is 0.507 e. The zero-order chi connectivity index (χ0) is 13.1. The minimum atomic E-state index is 0.241. The summed E-state index contributed by atoms with van der Waals surface area (Å²) in [5.74, 6) is 0.405. The second-order valence-electron chi connectivity index (χ2n) is 4.97. The molecule has 1 aromatic rings. The van der Waals surface area contributed by atoms with Crippen LogP contribution in [-0.2, 0) is 0 Å². The summed E-state index contributed by atoms with van der Waals surface area (Å²) in [7, 11) is 0. The van der Waals surface area contributed by atoms with Gasteiger partial charge in [0.1, 0.15) is 5.75 Å². The first-order chi connectivity index (χ1) is 8.63. The Morgan fingerprint density at radius 2 is 1.83 bits per heavy atom. The minimum Gasteiger partial charge on any atom is -0.507 e. The molecule has 98 valence electrons. The van der Waals surface area contributed by atoms with E-state index in [1.807, 2.05) is 19.9 Å². The van der Waals surface area contributed by atoms with Gasteiger partial charge < -0.3 is 10.4 Å². The van der Waals surface area contributed by atoms with Crippen LogP contribution in [0.1, 0.15) is 22.7 Å². The second kappa shape index (κ2) is 5.55. The molecule has 0 spiro atoms. The molecule has 0 radical (unpaired) electrons. The van der Waals surface area contributed by atoms with Gasteiger partial charge in [-0.1, -0.05) is 18.2 Å². The van der Waals surface area contributed by atoms with Crippen LogP contribution in [0.5, 0.6) is 5.75 Å². The van der Waals surface area contributed by atoms with Gasteiger partial charge in [-0.15, -0.1) is 6.58 Å². The monoisotopic (exact) mass is 246 g/mol. The van der Waals surface area contributed by atoms with E-state index in [4.69, 9.17) is 0 Å². The summed E-state index contributed by atoms with van der Waals surface area (Å²) < 4.78 is 0. The van der Waals surface area contributed by atoms with Gasteiger partial charge in [0.15, 0.2) is 0 Å². The minimum absolute atomic E-state index is 0.241. The number of nitrogens with zero attached hydrogens (tertiary/aromatic N) is 1. The molecule has 3 heteroatoms. The van der Waals surface area contributed by atoms with E-state index >= 15 is 0 Å². The van der Waals surface area contributed by atoms with Crippen LogP contribution in [0.25, 0.3) is 0 Å². The van der Waals surface area contributed by atoms with Crippen LogP contribution in [0, 0.1) is 13.8 Å². The molecule has 0 bridgehead atoms. The van der Waals surface area contributed by atoms with Gasteiger partial charge in [-0.3, -0.25) is 4.90 Å². The van der Waals surface area contributed by atoms with Crippen molar-refractivity contribution in [3.05, 3.63) is 41.5 Å². The average molecular weight is 246 g/mol. The molecule has 0 amide bonds.